The molecule has 0 fully saturated rings. The number of fused-ring (bicyclic) bond motifs is 2. The van der Waals surface area contributed by atoms with E-state index in [-0.39, 0.29) is 29.5 Å². The predicted molar refractivity (Wildman–Crippen MR) is 124 cm³/mol. The van der Waals surface area contributed by atoms with Crippen LogP contribution in [0.3, 0.4) is 0 Å². The quantitative estimate of drug-likeness (QED) is 0.384. The second kappa shape index (κ2) is 8.79. The summed E-state index contributed by atoms with van der Waals surface area (Å²) in [6.07, 6.45) is 0.632. The number of esters is 1. The van der Waals surface area contributed by atoms with Crippen LogP contribution >= 0.6 is 11.3 Å². The highest BCUT2D eigenvalue weighted by atomic mass is 32.2. The van der Waals surface area contributed by atoms with Crippen LogP contribution in [-0.2, 0) is 27.7 Å². The van der Waals surface area contributed by atoms with Gasteiger partial charge < -0.3 is 4.74 Å². The Labute approximate surface area is 200 Å². The van der Waals surface area contributed by atoms with Crippen molar-refractivity contribution in [1.82, 2.24) is 9.21 Å². The summed E-state index contributed by atoms with van der Waals surface area (Å²) < 4.78 is 32.9. The van der Waals surface area contributed by atoms with Gasteiger partial charge in [0.2, 0.25) is 0 Å². The SMILES string of the molecule is O=C(OCCN1C(=O)c2ccccc2C1=O)c1csc(S(=O)(=O)N2CCc3ccccc3C2)c1. The fourth-order valence-corrected chi connectivity index (χ4v) is 6.84. The first-order valence-electron chi connectivity index (χ1n) is 10.6. The summed E-state index contributed by atoms with van der Waals surface area (Å²) in [5, 5.41) is 1.44. The van der Waals surface area contributed by atoms with Crippen molar-refractivity contribution in [3.05, 3.63) is 87.8 Å². The van der Waals surface area contributed by atoms with Crippen LogP contribution in [0, 0.1) is 0 Å². The van der Waals surface area contributed by atoms with Gasteiger partial charge in [-0.1, -0.05) is 36.4 Å². The Kier molecular flexibility index (Phi) is 5.80. The van der Waals surface area contributed by atoms with Crippen LogP contribution in [0.25, 0.3) is 0 Å². The zero-order chi connectivity index (χ0) is 23.9. The first-order valence-corrected chi connectivity index (χ1v) is 13.0. The van der Waals surface area contributed by atoms with Crippen LogP contribution in [-0.4, -0.2) is 55.1 Å². The average molecular weight is 497 g/mol. The van der Waals surface area contributed by atoms with Gasteiger partial charge in [0.1, 0.15) is 10.8 Å². The van der Waals surface area contributed by atoms with Crippen LogP contribution in [0.15, 0.2) is 64.2 Å². The van der Waals surface area contributed by atoms with Crippen molar-refractivity contribution >= 4 is 39.1 Å². The fourth-order valence-electron chi connectivity index (χ4n) is 4.12. The summed E-state index contributed by atoms with van der Waals surface area (Å²) in [6, 6.07) is 15.6. The topological polar surface area (TPSA) is 101 Å². The number of rotatable bonds is 6. The van der Waals surface area contributed by atoms with Crippen molar-refractivity contribution < 1.29 is 27.5 Å². The first kappa shape index (κ1) is 22.5. The number of carbonyl (C=O) groups is 3. The van der Waals surface area contributed by atoms with Gasteiger partial charge in [-0.2, -0.15) is 4.31 Å². The second-order valence-corrected chi connectivity index (χ2v) is 11.0. The molecule has 0 aliphatic carbocycles. The maximum absolute atomic E-state index is 13.1. The molecule has 0 N–H and O–H groups in total. The minimum absolute atomic E-state index is 0.0687. The second-order valence-electron chi connectivity index (χ2n) is 7.96. The maximum atomic E-state index is 13.1. The summed E-state index contributed by atoms with van der Waals surface area (Å²) in [6.45, 7) is 0.388. The minimum atomic E-state index is -3.75. The van der Waals surface area contributed by atoms with Gasteiger partial charge in [-0.3, -0.25) is 14.5 Å². The highest BCUT2D eigenvalue weighted by Gasteiger charge is 2.35. The van der Waals surface area contributed by atoms with Crippen molar-refractivity contribution in [2.75, 3.05) is 19.7 Å². The molecule has 1 aromatic heterocycles. The number of imide groups is 1. The molecule has 0 bridgehead atoms. The number of hydrogen-bond donors (Lipinski definition) is 0. The van der Waals surface area contributed by atoms with E-state index in [4.69, 9.17) is 4.74 Å². The molecule has 0 unspecified atom stereocenters. The Morgan fingerprint density at radius 1 is 0.971 bits per heavy atom. The van der Waals surface area contributed by atoms with Crippen LogP contribution in [0.4, 0.5) is 0 Å². The van der Waals surface area contributed by atoms with E-state index in [2.05, 4.69) is 0 Å². The molecule has 2 aliphatic heterocycles. The lowest BCUT2D eigenvalue weighted by molar-refractivity contribution is 0.0421. The normalized spacial score (nSPS) is 15.8. The number of ether oxygens (including phenoxy) is 1. The van der Waals surface area contributed by atoms with E-state index in [0.717, 1.165) is 27.4 Å². The van der Waals surface area contributed by atoms with Crippen molar-refractivity contribution in [2.24, 2.45) is 0 Å². The third kappa shape index (κ3) is 3.93. The summed E-state index contributed by atoms with van der Waals surface area (Å²) in [7, 11) is -3.75. The number of hydrogen-bond acceptors (Lipinski definition) is 7. The number of nitrogens with zero attached hydrogens (tertiary/aromatic N) is 2. The Bertz CT molecular complexity index is 1380. The van der Waals surface area contributed by atoms with Gasteiger partial charge in [0, 0.05) is 18.5 Å². The molecule has 2 aromatic carbocycles. The van der Waals surface area contributed by atoms with E-state index in [1.54, 1.807) is 24.3 Å². The van der Waals surface area contributed by atoms with Crippen LogP contribution in [0.5, 0.6) is 0 Å². The molecule has 5 rings (SSSR count). The van der Waals surface area contributed by atoms with Gasteiger partial charge in [0.25, 0.3) is 21.8 Å². The number of thiophene rings is 1. The predicted octanol–water partition coefficient (Wildman–Crippen LogP) is 2.95. The smallest absolute Gasteiger partial charge is 0.339 e. The lowest BCUT2D eigenvalue weighted by Crippen LogP contribution is -2.35. The zero-order valence-electron chi connectivity index (χ0n) is 18.0. The summed E-state index contributed by atoms with van der Waals surface area (Å²) in [4.78, 5) is 38.3. The molecule has 3 heterocycles. The lowest BCUT2D eigenvalue weighted by atomic mass is 10.0. The monoisotopic (exact) mass is 496 g/mol. The van der Waals surface area contributed by atoms with Gasteiger partial charge in [-0.15, -0.1) is 11.3 Å². The van der Waals surface area contributed by atoms with Crippen LogP contribution in [0.2, 0.25) is 0 Å². The van der Waals surface area contributed by atoms with E-state index < -0.39 is 27.8 Å². The third-order valence-electron chi connectivity index (χ3n) is 5.93. The molecule has 2 amide bonds. The lowest BCUT2D eigenvalue weighted by Gasteiger charge is -2.27. The number of sulfonamides is 1. The molecule has 0 radical (unpaired) electrons. The Morgan fingerprint density at radius 2 is 1.62 bits per heavy atom. The highest BCUT2D eigenvalue weighted by molar-refractivity contribution is 7.91. The fraction of sp³-hybridized carbons (Fsp3) is 0.208. The summed E-state index contributed by atoms with van der Waals surface area (Å²) in [5.41, 5.74) is 2.88. The van der Waals surface area contributed by atoms with Gasteiger partial charge in [0.15, 0.2) is 0 Å². The van der Waals surface area contributed by atoms with Crippen LogP contribution in [0.1, 0.15) is 42.2 Å². The highest BCUT2D eigenvalue weighted by Crippen LogP contribution is 2.29. The van der Waals surface area contributed by atoms with Crippen molar-refractivity contribution in [1.29, 1.82) is 0 Å². The minimum Gasteiger partial charge on any atom is -0.460 e. The molecular weight excluding hydrogens is 476 g/mol. The molecule has 0 saturated heterocycles. The van der Waals surface area contributed by atoms with Crippen LogP contribution < -0.4 is 0 Å². The van der Waals surface area contributed by atoms with E-state index in [0.29, 0.717) is 24.1 Å². The molecule has 0 saturated carbocycles. The Hall–Kier alpha value is -3.34. The van der Waals surface area contributed by atoms with E-state index in [9.17, 15) is 22.8 Å². The maximum Gasteiger partial charge on any atom is 0.339 e. The number of carbonyl (C=O) groups excluding carboxylic acids is 3. The molecule has 2 aliphatic rings. The molecular formula is C24H20N2O6S2. The first-order chi connectivity index (χ1) is 16.4. The molecule has 0 atom stereocenters. The molecule has 34 heavy (non-hydrogen) atoms. The van der Waals surface area contributed by atoms with Gasteiger partial charge >= 0.3 is 5.97 Å². The Morgan fingerprint density at radius 3 is 2.32 bits per heavy atom. The summed E-state index contributed by atoms with van der Waals surface area (Å²) >= 11 is 0.962. The van der Waals surface area contributed by atoms with Gasteiger partial charge in [0.05, 0.1) is 23.2 Å². The van der Waals surface area contributed by atoms with Crippen molar-refractivity contribution in [3.63, 3.8) is 0 Å². The van der Waals surface area contributed by atoms with E-state index >= 15 is 0 Å². The number of amides is 2. The van der Waals surface area contributed by atoms with Crippen molar-refractivity contribution in [2.45, 2.75) is 17.2 Å². The van der Waals surface area contributed by atoms with Crippen molar-refractivity contribution in [3.8, 4) is 0 Å². The molecule has 3 aromatic rings. The van der Waals surface area contributed by atoms with Gasteiger partial charge in [-0.05, 0) is 35.7 Å². The number of benzene rings is 2. The average Bonchev–Trinajstić information content (AvgIpc) is 3.45. The third-order valence-corrected chi connectivity index (χ3v) is 9.19. The largest absolute Gasteiger partial charge is 0.460 e. The molecule has 10 heteroatoms. The molecule has 0 spiro atoms. The Balaban J connectivity index is 1.21. The standard InChI is InChI=1S/C24H20N2O6S2/c27-22-19-7-3-4-8-20(19)23(28)26(22)11-12-32-24(29)18-13-21(33-15-18)34(30,31)25-10-9-16-5-1-2-6-17(16)14-25/h1-8,13,15H,9-12,14H2. The molecule has 8 nitrogen and oxygen atoms in total. The van der Waals surface area contributed by atoms with E-state index in [1.165, 1.54) is 15.8 Å². The van der Waals surface area contributed by atoms with Gasteiger partial charge in [-0.25, -0.2) is 13.2 Å². The van der Waals surface area contributed by atoms with E-state index in [1.807, 2.05) is 24.3 Å². The zero-order valence-corrected chi connectivity index (χ0v) is 19.6. The summed E-state index contributed by atoms with van der Waals surface area (Å²) in [5.74, 6) is -1.56. The molecule has 174 valence electrons.